The van der Waals surface area contributed by atoms with Crippen LogP contribution in [0.15, 0.2) is 0 Å². The molecule has 0 aromatic rings. The van der Waals surface area contributed by atoms with Gasteiger partial charge in [0.1, 0.15) is 0 Å². The highest BCUT2D eigenvalue weighted by Crippen LogP contribution is 1.82. The molecule has 8 heavy (non-hydrogen) atoms. The molecule has 0 aromatic heterocycles. The van der Waals surface area contributed by atoms with Crippen molar-refractivity contribution in [2.45, 2.75) is 12.3 Å². The Hall–Kier alpha value is 0.270. The summed E-state index contributed by atoms with van der Waals surface area (Å²) in [6.45, 7) is 4.00. The van der Waals surface area contributed by atoms with Gasteiger partial charge in [0.15, 0.2) is 0 Å². The second-order valence-electron chi connectivity index (χ2n) is 1.73. The van der Waals surface area contributed by atoms with Gasteiger partial charge in [-0.25, -0.2) is 0 Å². The van der Waals surface area contributed by atoms with Gasteiger partial charge in [-0.15, -0.1) is 0 Å². The smallest absolute Gasteiger partial charge is 0.0474 e. The number of thiol groups is 1. The topological polar surface area (TPSA) is 24.1 Å². The van der Waals surface area contributed by atoms with Crippen molar-refractivity contribution in [3.8, 4) is 0 Å². The fourth-order valence-electron chi connectivity index (χ4n) is 0.406. The van der Waals surface area contributed by atoms with E-state index in [2.05, 4.69) is 23.3 Å². The van der Waals surface area contributed by atoms with Crippen molar-refractivity contribution < 1.29 is 0 Å². The van der Waals surface area contributed by atoms with E-state index in [4.69, 9.17) is 0 Å². The van der Waals surface area contributed by atoms with Crippen molar-refractivity contribution in [3.05, 3.63) is 0 Å². The normalized spacial score (nSPS) is 13.9. The van der Waals surface area contributed by atoms with E-state index >= 15 is 0 Å². The first kappa shape index (κ1) is 8.27. The molecule has 0 rings (SSSR count). The second-order valence-corrected chi connectivity index (χ2v) is 2.51. The van der Waals surface area contributed by atoms with Crippen LogP contribution < -0.4 is 10.6 Å². The van der Waals surface area contributed by atoms with E-state index in [0.29, 0.717) is 5.37 Å². The van der Waals surface area contributed by atoms with Gasteiger partial charge in [0.05, 0.1) is 0 Å². The molecule has 2 nitrogen and oxygen atoms in total. The molecule has 0 bridgehead atoms. The lowest BCUT2D eigenvalue weighted by atomic mass is 10.6. The zero-order chi connectivity index (χ0) is 6.41. The average molecular weight is 134 g/mol. The number of hydrogen-bond donors (Lipinski definition) is 3. The molecule has 50 valence electrons. The van der Waals surface area contributed by atoms with Crippen molar-refractivity contribution in [2.75, 3.05) is 20.1 Å². The van der Waals surface area contributed by atoms with E-state index in [1.165, 1.54) is 0 Å². The minimum Gasteiger partial charge on any atom is -0.318 e. The molecule has 0 aromatic carbocycles. The van der Waals surface area contributed by atoms with Gasteiger partial charge in [0, 0.05) is 18.5 Å². The SMILES string of the molecule is CNCCN[C@H](C)S. The predicted molar refractivity (Wildman–Crippen MR) is 40.4 cm³/mol. The highest BCUT2D eigenvalue weighted by atomic mass is 32.1. The number of hydrogen-bond acceptors (Lipinski definition) is 3. The van der Waals surface area contributed by atoms with Crippen molar-refractivity contribution in [2.24, 2.45) is 0 Å². The lowest BCUT2D eigenvalue weighted by Crippen LogP contribution is -2.28. The zero-order valence-corrected chi connectivity index (χ0v) is 6.33. The molecule has 3 heteroatoms. The molecular formula is C5H14N2S. The average Bonchev–Trinajstić information content (AvgIpc) is 1.66. The van der Waals surface area contributed by atoms with Crippen molar-refractivity contribution in [3.63, 3.8) is 0 Å². The minimum absolute atomic E-state index is 0.309. The Bertz CT molecular complexity index is 47.7. The van der Waals surface area contributed by atoms with Crippen LogP contribution in [0.3, 0.4) is 0 Å². The van der Waals surface area contributed by atoms with Crippen molar-refractivity contribution in [1.82, 2.24) is 10.6 Å². The number of rotatable bonds is 4. The summed E-state index contributed by atoms with van der Waals surface area (Å²) in [7, 11) is 1.94. The minimum atomic E-state index is 0.309. The Morgan fingerprint density at radius 1 is 1.50 bits per heavy atom. The molecule has 0 spiro atoms. The van der Waals surface area contributed by atoms with E-state index in [9.17, 15) is 0 Å². The van der Waals surface area contributed by atoms with Gasteiger partial charge in [-0.05, 0) is 14.0 Å². The molecule has 1 atom stereocenters. The number of nitrogens with one attached hydrogen (secondary N) is 2. The Kier molecular flexibility index (Phi) is 5.59. The van der Waals surface area contributed by atoms with Crippen LogP contribution >= 0.6 is 12.6 Å². The lowest BCUT2D eigenvalue weighted by molar-refractivity contribution is 0.650. The molecule has 0 amide bonds. The van der Waals surface area contributed by atoms with Gasteiger partial charge < -0.3 is 10.6 Å². The lowest BCUT2D eigenvalue weighted by Gasteiger charge is -2.04. The Labute approximate surface area is 56.5 Å². The van der Waals surface area contributed by atoms with Crippen LogP contribution in [0.2, 0.25) is 0 Å². The molecule has 0 saturated carbocycles. The maximum absolute atomic E-state index is 4.13. The molecule has 0 aliphatic carbocycles. The monoisotopic (exact) mass is 134 g/mol. The Balaban J connectivity index is 2.72. The summed E-state index contributed by atoms with van der Waals surface area (Å²) in [4.78, 5) is 0. The van der Waals surface area contributed by atoms with Crippen molar-refractivity contribution >= 4 is 12.6 Å². The molecule has 0 heterocycles. The summed E-state index contributed by atoms with van der Waals surface area (Å²) >= 11 is 4.13. The van der Waals surface area contributed by atoms with Gasteiger partial charge in [-0.1, -0.05) is 0 Å². The Morgan fingerprint density at radius 3 is 2.50 bits per heavy atom. The molecule has 0 radical (unpaired) electrons. The quantitative estimate of drug-likeness (QED) is 0.288. The van der Waals surface area contributed by atoms with E-state index < -0.39 is 0 Å². The molecule has 0 unspecified atom stereocenters. The van der Waals surface area contributed by atoms with Crippen LogP contribution in [0.25, 0.3) is 0 Å². The van der Waals surface area contributed by atoms with E-state index in [-0.39, 0.29) is 0 Å². The third-order valence-electron chi connectivity index (χ3n) is 0.815. The van der Waals surface area contributed by atoms with E-state index in [0.717, 1.165) is 13.1 Å². The molecular weight excluding hydrogens is 120 g/mol. The summed E-state index contributed by atoms with van der Waals surface area (Å²) in [6.07, 6.45) is 0. The molecule has 0 saturated heterocycles. The fourth-order valence-corrected chi connectivity index (χ4v) is 0.535. The second kappa shape index (κ2) is 5.41. The van der Waals surface area contributed by atoms with E-state index in [1.807, 2.05) is 14.0 Å². The highest BCUT2D eigenvalue weighted by Gasteiger charge is 1.87. The zero-order valence-electron chi connectivity index (χ0n) is 5.44. The molecule has 0 aliphatic rings. The molecule has 2 N–H and O–H groups in total. The summed E-state index contributed by atoms with van der Waals surface area (Å²) in [6, 6.07) is 0. The highest BCUT2D eigenvalue weighted by molar-refractivity contribution is 7.80. The third kappa shape index (κ3) is 6.27. The van der Waals surface area contributed by atoms with Gasteiger partial charge in [-0.2, -0.15) is 12.6 Å². The first-order valence-electron chi connectivity index (χ1n) is 2.83. The molecule has 0 aliphatic heterocycles. The third-order valence-corrected chi connectivity index (χ3v) is 0.997. The fraction of sp³-hybridized carbons (Fsp3) is 1.00. The summed E-state index contributed by atoms with van der Waals surface area (Å²) in [5, 5.41) is 6.48. The van der Waals surface area contributed by atoms with Gasteiger partial charge >= 0.3 is 0 Å². The van der Waals surface area contributed by atoms with Crippen LogP contribution in [0.1, 0.15) is 6.92 Å². The van der Waals surface area contributed by atoms with Crippen molar-refractivity contribution in [1.29, 1.82) is 0 Å². The van der Waals surface area contributed by atoms with Crippen LogP contribution in [0.4, 0.5) is 0 Å². The largest absolute Gasteiger partial charge is 0.318 e. The van der Waals surface area contributed by atoms with Gasteiger partial charge in [-0.3, -0.25) is 0 Å². The van der Waals surface area contributed by atoms with Crippen LogP contribution in [-0.2, 0) is 0 Å². The van der Waals surface area contributed by atoms with Gasteiger partial charge in [0.2, 0.25) is 0 Å². The summed E-state index contributed by atoms with van der Waals surface area (Å²) < 4.78 is 0. The van der Waals surface area contributed by atoms with Gasteiger partial charge in [0.25, 0.3) is 0 Å². The van der Waals surface area contributed by atoms with Crippen LogP contribution in [0, 0.1) is 0 Å². The van der Waals surface area contributed by atoms with Crippen LogP contribution in [0.5, 0.6) is 0 Å². The van der Waals surface area contributed by atoms with E-state index in [1.54, 1.807) is 0 Å². The van der Waals surface area contributed by atoms with Crippen LogP contribution in [-0.4, -0.2) is 25.5 Å². The molecule has 0 fully saturated rings. The standard InChI is InChI=1S/C5H14N2S/c1-5(8)7-4-3-6-2/h5-8H,3-4H2,1-2H3/t5-/m0/s1. The summed E-state index contributed by atoms with van der Waals surface area (Å²) in [5.74, 6) is 0. The number of likely N-dealkylation sites (N-methyl/N-ethyl adjacent to an activating group) is 1. The summed E-state index contributed by atoms with van der Waals surface area (Å²) in [5.41, 5.74) is 0. The maximum atomic E-state index is 4.13. The predicted octanol–water partition coefficient (Wildman–Crippen LogP) is 0.0712. The maximum Gasteiger partial charge on any atom is 0.0474 e. The first-order chi connectivity index (χ1) is 3.77. The Morgan fingerprint density at radius 2 is 2.12 bits per heavy atom. The first-order valence-corrected chi connectivity index (χ1v) is 3.35.